The quantitative estimate of drug-likeness (QED) is 0.690. The van der Waals surface area contributed by atoms with Gasteiger partial charge in [-0.15, -0.1) is 17.5 Å². The van der Waals surface area contributed by atoms with Gasteiger partial charge in [-0.05, 0) is 36.2 Å². The number of nitrogens with one attached hydrogen (secondary N) is 1. The van der Waals surface area contributed by atoms with Gasteiger partial charge in [-0.25, -0.2) is 4.98 Å². The summed E-state index contributed by atoms with van der Waals surface area (Å²) >= 11 is 0. The fraction of sp³-hybridized carbons (Fsp3) is 0.133. The second-order valence-electron chi connectivity index (χ2n) is 4.45. The first kappa shape index (κ1) is 15.0. The molecule has 2 N–H and O–H groups in total. The summed E-state index contributed by atoms with van der Waals surface area (Å²) in [4.78, 5) is 7.03. The molecule has 108 valence electrons. The van der Waals surface area contributed by atoms with Crippen molar-refractivity contribution in [3.8, 4) is 5.75 Å². The zero-order valence-electron chi connectivity index (χ0n) is 11.4. The van der Waals surface area contributed by atoms with E-state index in [0.717, 1.165) is 12.1 Å². The van der Waals surface area contributed by atoms with Gasteiger partial charge in [0.1, 0.15) is 22.5 Å². The summed E-state index contributed by atoms with van der Waals surface area (Å²) in [6.45, 7) is 2.11. The van der Waals surface area contributed by atoms with Crippen molar-refractivity contribution in [3.63, 3.8) is 0 Å². The number of H-pyrrole nitrogens is 1. The molecule has 0 unspecified atom stereocenters. The average molecular weight is 303 g/mol. The third kappa shape index (κ3) is 3.03. The van der Waals surface area contributed by atoms with Gasteiger partial charge in [-0.1, -0.05) is 19.1 Å². The van der Waals surface area contributed by atoms with Crippen LogP contribution >= 0.6 is 12.4 Å². The van der Waals surface area contributed by atoms with Crippen molar-refractivity contribution in [2.24, 2.45) is 10.2 Å². The number of hydrogen-bond donors (Lipinski definition) is 2. The Balaban J connectivity index is 0.00000161. The molecule has 0 saturated heterocycles. The summed E-state index contributed by atoms with van der Waals surface area (Å²) in [7, 11) is 0. The maximum atomic E-state index is 9.68. The van der Waals surface area contributed by atoms with Gasteiger partial charge < -0.3 is 10.1 Å². The van der Waals surface area contributed by atoms with Gasteiger partial charge in [-0.3, -0.25) is 0 Å². The molecule has 0 fully saturated rings. The summed E-state index contributed by atoms with van der Waals surface area (Å²) in [6, 6.07) is 11.2. The molecule has 0 atom stereocenters. The lowest BCUT2D eigenvalue weighted by Gasteiger charge is -1.98. The number of aryl methyl sites for hydroxylation is 1. The third-order valence-electron chi connectivity index (χ3n) is 3.15. The first-order valence-corrected chi connectivity index (χ1v) is 6.43. The molecule has 0 aliphatic carbocycles. The first-order chi connectivity index (χ1) is 9.78. The SMILES string of the molecule is CCc1ccc(N=Nc2ccc(O)c3[nH]cnc23)cc1.Cl. The molecule has 3 rings (SSSR count). The lowest BCUT2D eigenvalue weighted by Crippen LogP contribution is -1.76. The second-order valence-corrected chi connectivity index (χ2v) is 4.45. The van der Waals surface area contributed by atoms with Crippen molar-refractivity contribution in [3.05, 3.63) is 48.3 Å². The van der Waals surface area contributed by atoms with Crippen molar-refractivity contribution in [2.75, 3.05) is 0 Å². The molecule has 0 spiro atoms. The molecule has 3 aromatic rings. The van der Waals surface area contributed by atoms with Crippen molar-refractivity contribution in [1.29, 1.82) is 0 Å². The molecule has 0 bridgehead atoms. The number of phenolic OH excluding ortho intramolecular Hbond substituents is 1. The van der Waals surface area contributed by atoms with E-state index < -0.39 is 0 Å². The number of aromatic nitrogens is 2. The minimum absolute atomic E-state index is 0. The van der Waals surface area contributed by atoms with E-state index in [9.17, 15) is 5.11 Å². The molecule has 6 heteroatoms. The summed E-state index contributed by atoms with van der Waals surface area (Å²) in [5.41, 5.74) is 3.86. The number of fused-ring (bicyclic) bond motifs is 1. The average Bonchev–Trinajstić information content (AvgIpc) is 2.98. The van der Waals surface area contributed by atoms with Crippen LogP contribution in [0, 0.1) is 0 Å². The Kier molecular flexibility index (Phi) is 4.55. The Bertz CT molecular complexity index is 765. The third-order valence-corrected chi connectivity index (χ3v) is 3.15. The number of halogens is 1. The predicted octanol–water partition coefficient (Wildman–Crippen LogP) is 4.67. The van der Waals surface area contributed by atoms with Crippen LogP contribution < -0.4 is 0 Å². The van der Waals surface area contributed by atoms with Gasteiger partial charge in [0, 0.05) is 0 Å². The number of aromatic hydroxyl groups is 1. The molecule has 0 aliphatic heterocycles. The number of benzene rings is 2. The van der Waals surface area contributed by atoms with E-state index in [0.29, 0.717) is 16.7 Å². The van der Waals surface area contributed by atoms with Crippen LogP contribution in [0.3, 0.4) is 0 Å². The molecule has 5 nitrogen and oxygen atoms in total. The molecule has 2 aromatic carbocycles. The molecule has 0 aliphatic rings. The topological polar surface area (TPSA) is 73.6 Å². The summed E-state index contributed by atoms with van der Waals surface area (Å²) in [5.74, 6) is 0.156. The monoisotopic (exact) mass is 302 g/mol. The zero-order valence-corrected chi connectivity index (χ0v) is 12.3. The molecule has 1 aromatic heterocycles. The highest BCUT2D eigenvalue weighted by Gasteiger charge is 2.06. The smallest absolute Gasteiger partial charge is 0.141 e. The fourth-order valence-corrected chi connectivity index (χ4v) is 1.99. The summed E-state index contributed by atoms with van der Waals surface area (Å²) < 4.78 is 0. The molecular formula is C15H15ClN4O. The van der Waals surface area contributed by atoms with E-state index in [-0.39, 0.29) is 18.2 Å². The number of phenols is 1. The van der Waals surface area contributed by atoms with Gasteiger partial charge in [0.15, 0.2) is 0 Å². The molecule has 21 heavy (non-hydrogen) atoms. The summed E-state index contributed by atoms with van der Waals surface area (Å²) in [5, 5.41) is 18.1. The van der Waals surface area contributed by atoms with E-state index in [1.807, 2.05) is 24.3 Å². The van der Waals surface area contributed by atoms with Gasteiger partial charge in [0.2, 0.25) is 0 Å². The Labute approximate surface area is 128 Å². The maximum Gasteiger partial charge on any atom is 0.141 e. The lowest BCUT2D eigenvalue weighted by molar-refractivity contribution is 0.480. The number of nitrogens with zero attached hydrogens (tertiary/aromatic N) is 3. The van der Waals surface area contributed by atoms with Crippen molar-refractivity contribution in [2.45, 2.75) is 13.3 Å². The highest BCUT2D eigenvalue weighted by molar-refractivity contribution is 5.90. The van der Waals surface area contributed by atoms with Gasteiger partial charge in [-0.2, -0.15) is 5.11 Å². The molecule has 0 amide bonds. The van der Waals surface area contributed by atoms with Crippen molar-refractivity contribution >= 4 is 34.8 Å². The van der Waals surface area contributed by atoms with Crippen LogP contribution in [0.15, 0.2) is 53.0 Å². The Morgan fingerprint density at radius 1 is 1.10 bits per heavy atom. The predicted molar refractivity (Wildman–Crippen MR) is 85.0 cm³/mol. The van der Waals surface area contributed by atoms with E-state index in [1.165, 1.54) is 11.9 Å². The lowest BCUT2D eigenvalue weighted by atomic mass is 10.2. The standard InChI is InChI=1S/C15H14N4O.ClH/c1-2-10-3-5-11(6-4-10)18-19-12-7-8-13(20)15-14(12)16-9-17-15;/h3-9,20H,2H2,1H3,(H,16,17);1H. The highest BCUT2D eigenvalue weighted by Crippen LogP contribution is 2.30. The largest absolute Gasteiger partial charge is 0.506 e. The molecule has 0 saturated carbocycles. The van der Waals surface area contributed by atoms with Crippen LogP contribution in [0.2, 0.25) is 0 Å². The van der Waals surface area contributed by atoms with Crippen LogP contribution in [-0.2, 0) is 6.42 Å². The van der Waals surface area contributed by atoms with Crippen LogP contribution in [-0.4, -0.2) is 15.1 Å². The number of hydrogen-bond acceptors (Lipinski definition) is 4. The Morgan fingerprint density at radius 3 is 2.57 bits per heavy atom. The normalized spacial score (nSPS) is 10.9. The number of rotatable bonds is 3. The minimum Gasteiger partial charge on any atom is -0.506 e. The summed E-state index contributed by atoms with van der Waals surface area (Å²) in [6.07, 6.45) is 2.53. The Hall–Kier alpha value is -2.40. The fourth-order valence-electron chi connectivity index (χ4n) is 1.99. The van der Waals surface area contributed by atoms with Crippen LogP contribution in [0.1, 0.15) is 12.5 Å². The first-order valence-electron chi connectivity index (χ1n) is 6.43. The highest BCUT2D eigenvalue weighted by atomic mass is 35.5. The van der Waals surface area contributed by atoms with E-state index in [1.54, 1.807) is 12.1 Å². The van der Waals surface area contributed by atoms with Crippen molar-refractivity contribution in [1.82, 2.24) is 9.97 Å². The minimum atomic E-state index is 0. The zero-order chi connectivity index (χ0) is 13.9. The molecule has 1 heterocycles. The van der Waals surface area contributed by atoms with E-state index >= 15 is 0 Å². The van der Waals surface area contributed by atoms with Gasteiger partial charge in [0.05, 0.1) is 12.0 Å². The van der Waals surface area contributed by atoms with Crippen LogP contribution in [0.25, 0.3) is 11.0 Å². The molecular weight excluding hydrogens is 288 g/mol. The number of imidazole rings is 1. The van der Waals surface area contributed by atoms with Crippen LogP contribution in [0.5, 0.6) is 5.75 Å². The van der Waals surface area contributed by atoms with E-state index in [2.05, 4.69) is 27.1 Å². The second kappa shape index (κ2) is 6.37. The Morgan fingerprint density at radius 2 is 1.86 bits per heavy atom. The van der Waals surface area contributed by atoms with E-state index in [4.69, 9.17) is 0 Å². The van der Waals surface area contributed by atoms with Gasteiger partial charge in [0.25, 0.3) is 0 Å². The van der Waals surface area contributed by atoms with Crippen LogP contribution in [0.4, 0.5) is 11.4 Å². The number of aromatic amines is 1. The van der Waals surface area contributed by atoms with Crippen molar-refractivity contribution < 1.29 is 5.11 Å². The maximum absolute atomic E-state index is 9.68. The molecule has 0 radical (unpaired) electrons. The van der Waals surface area contributed by atoms with Gasteiger partial charge >= 0.3 is 0 Å². The number of azo groups is 1.